The second-order valence-electron chi connectivity index (χ2n) is 7.75. The summed E-state index contributed by atoms with van der Waals surface area (Å²) < 4.78 is 6.91. The Kier molecular flexibility index (Phi) is 5.53. The zero-order valence-corrected chi connectivity index (χ0v) is 18.3. The summed E-state index contributed by atoms with van der Waals surface area (Å²) in [4.78, 5) is 25.7. The van der Waals surface area contributed by atoms with Crippen molar-refractivity contribution >= 4 is 34.3 Å². The van der Waals surface area contributed by atoms with E-state index < -0.39 is 0 Å². The van der Waals surface area contributed by atoms with Crippen LogP contribution < -0.4 is 20.7 Å². The maximum atomic E-state index is 12.9. The van der Waals surface area contributed by atoms with Gasteiger partial charge in [0.2, 0.25) is 5.88 Å². The van der Waals surface area contributed by atoms with Crippen molar-refractivity contribution in [3.63, 3.8) is 0 Å². The Balaban J connectivity index is 1.51. The van der Waals surface area contributed by atoms with Gasteiger partial charge in [0.25, 0.3) is 0 Å². The van der Waals surface area contributed by atoms with Crippen LogP contribution in [0.3, 0.4) is 0 Å². The van der Waals surface area contributed by atoms with Crippen molar-refractivity contribution in [2.75, 3.05) is 42.7 Å². The highest BCUT2D eigenvalue weighted by atomic mass is 16.5. The summed E-state index contributed by atoms with van der Waals surface area (Å²) in [6.45, 7) is 5.91. The van der Waals surface area contributed by atoms with Gasteiger partial charge in [-0.2, -0.15) is 5.10 Å². The molecule has 4 rings (SSSR count). The van der Waals surface area contributed by atoms with Crippen molar-refractivity contribution in [2.45, 2.75) is 26.3 Å². The van der Waals surface area contributed by atoms with E-state index in [1.165, 1.54) is 0 Å². The molecule has 1 aliphatic rings. The van der Waals surface area contributed by atoms with Crippen molar-refractivity contribution < 1.29 is 9.53 Å². The van der Waals surface area contributed by atoms with Crippen molar-refractivity contribution in [3.8, 4) is 5.88 Å². The molecule has 3 aromatic heterocycles. The maximum absolute atomic E-state index is 12.9. The smallest absolute Gasteiger partial charge is 0.322 e. The molecule has 0 unspecified atom stereocenters. The third kappa shape index (κ3) is 3.92. The number of piperazine rings is 1. The molecule has 3 aromatic rings. The Labute approximate surface area is 181 Å². The summed E-state index contributed by atoms with van der Waals surface area (Å²) in [5, 5.41) is 8.25. The molecule has 4 heterocycles. The first kappa shape index (κ1) is 20.7. The number of nitrogens with zero attached hydrogens (tertiary/aromatic N) is 6. The number of rotatable bonds is 4. The highest BCUT2D eigenvalue weighted by molar-refractivity contribution is 5.92. The zero-order chi connectivity index (χ0) is 22.1. The summed E-state index contributed by atoms with van der Waals surface area (Å²) >= 11 is 0. The topological polar surface area (TPSA) is 114 Å². The van der Waals surface area contributed by atoms with Crippen LogP contribution in [0.4, 0.5) is 22.0 Å². The monoisotopic (exact) mass is 424 g/mol. The molecule has 2 amide bonds. The largest absolute Gasteiger partial charge is 0.481 e. The minimum atomic E-state index is -0.134. The fourth-order valence-corrected chi connectivity index (χ4v) is 4.11. The third-order valence-corrected chi connectivity index (χ3v) is 5.73. The van der Waals surface area contributed by atoms with Crippen molar-refractivity contribution in [1.29, 1.82) is 0 Å². The normalized spacial score (nSPS) is 16.6. The minimum absolute atomic E-state index is 0.134. The molecule has 1 atom stereocenters. The highest BCUT2D eigenvalue weighted by Crippen LogP contribution is 2.31. The lowest BCUT2D eigenvalue weighted by atomic mass is 10.1. The number of anilines is 3. The van der Waals surface area contributed by atoms with E-state index in [0.29, 0.717) is 37.0 Å². The number of carbonyl (C=O) groups is 1. The fourth-order valence-electron chi connectivity index (χ4n) is 4.11. The van der Waals surface area contributed by atoms with Crippen LogP contribution in [0.2, 0.25) is 0 Å². The SMILES string of the molecule is CC[C@H]1CN(C(=O)Nc2cnc(OC)c(C)c2)CCN1c1cc(N)nc2c1cnn2C. The number of nitrogens with one attached hydrogen (secondary N) is 1. The van der Waals surface area contributed by atoms with E-state index in [2.05, 4.69) is 32.2 Å². The second kappa shape index (κ2) is 8.29. The highest BCUT2D eigenvalue weighted by Gasteiger charge is 2.30. The molecule has 31 heavy (non-hydrogen) atoms. The standard InChI is InChI=1S/C21H28N8O2/c1-5-15-12-28(21(30)25-14-8-13(2)20(31-4)23-10-14)6-7-29(15)17-9-18(22)26-19-16(17)11-24-27(19)3/h8-11,15H,5-7,12H2,1-4H3,(H2,22,26)(H,25,30)/t15-/m0/s1. The van der Waals surface area contributed by atoms with Crippen LogP contribution in [-0.2, 0) is 7.05 Å². The van der Waals surface area contributed by atoms with Crippen LogP contribution in [0.1, 0.15) is 18.9 Å². The van der Waals surface area contributed by atoms with Crippen LogP contribution in [-0.4, -0.2) is 63.5 Å². The van der Waals surface area contributed by atoms with Crippen molar-refractivity contribution in [2.24, 2.45) is 7.05 Å². The number of fused-ring (bicyclic) bond motifs is 1. The molecule has 10 nitrogen and oxygen atoms in total. The molecular formula is C21H28N8O2. The van der Waals surface area contributed by atoms with Gasteiger partial charge in [-0.3, -0.25) is 4.68 Å². The van der Waals surface area contributed by atoms with Crippen LogP contribution in [0, 0.1) is 6.92 Å². The number of pyridine rings is 2. The minimum Gasteiger partial charge on any atom is -0.481 e. The van der Waals surface area contributed by atoms with Crippen LogP contribution in [0.5, 0.6) is 5.88 Å². The Hall–Kier alpha value is -3.56. The number of urea groups is 1. The quantitative estimate of drug-likeness (QED) is 0.661. The van der Waals surface area contributed by atoms with Crippen molar-refractivity contribution in [1.82, 2.24) is 24.6 Å². The lowest BCUT2D eigenvalue weighted by molar-refractivity contribution is 0.197. The first-order valence-electron chi connectivity index (χ1n) is 10.3. The number of amides is 2. The number of aryl methyl sites for hydroxylation is 2. The Morgan fingerprint density at radius 3 is 2.84 bits per heavy atom. The number of aromatic nitrogens is 4. The molecule has 3 N–H and O–H groups in total. The molecule has 1 fully saturated rings. The van der Waals surface area contributed by atoms with Gasteiger partial charge in [0.05, 0.1) is 36.3 Å². The number of nitrogen functional groups attached to an aromatic ring is 1. The maximum Gasteiger partial charge on any atom is 0.322 e. The lowest BCUT2D eigenvalue weighted by Crippen LogP contribution is -2.55. The molecule has 0 saturated carbocycles. The second-order valence-corrected chi connectivity index (χ2v) is 7.75. The average molecular weight is 425 g/mol. The lowest BCUT2D eigenvalue weighted by Gasteiger charge is -2.42. The first-order valence-corrected chi connectivity index (χ1v) is 10.3. The Morgan fingerprint density at radius 1 is 1.32 bits per heavy atom. The summed E-state index contributed by atoms with van der Waals surface area (Å²) in [6.07, 6.45) is 4.31. The average Bonchev–Trinajstić information content (AvgIpc) is 3.13. The predicted octanol–water partition coefficient (Wildman–Crippen LogP) is 2.40. The summed E-state index contributed by atoms with van der Waals surface area (Å²) in [7, 11) is 3.43. The summed E-state index contributed by atoms with van der Waals surface area (Å²) in [5.41, 5.74) is 9.36. The molecule has 0 aliphatic carbocycles. The van der Waals surface area contributed by atoms with Gasteiger partial charge in [-0.1, -0.05) is 6.92 Å². The number of nitrogens with two attached hydrogens (primary N) is 1. The van der Waals surface area contributed by atoms with E-state index in [9.17, 15) is 4.79 Å². The van der Waals surface area contributed by atoms with Crippen LogP contribution in [0.25, 0.3) is 11.0 Å². The first-order chi connectivity index (χ1) is 14.9. The Bertz CT molecular complexity index is 1110. The molecule has 0 spiro atoms. The van der Waals surface area contributed by atoms with Gasteiger partial charge >= 0.3 is 6.03 Å². The summed E-state index contributed by atoms with van der Waals surface area (Å²) in [6, 6.07) is 3.77. The molecule has 0 aromatic carbocycles. The van der Waals surface area contributed by atoms with Crippen molar-refractivity contribution in [3.05, 3.63) is 30.1 Å². The molecule has 164 valence electrons. The van der Waals surface area contributed by atoms with Gasteiger partial charge in [-0.05, 0) is 19.4 Å². The van der Waals surface area contributed by atoms with Gasteiger partial charge in [0, 0.05) is 44.4 Å². The molecule has 1 aliphatic heterocycles. The van der Waals surface area contributed by atoms with E-state index in [1.807, 2.05) is 37.2 Å². The van der Waals surface area contributed by atoms with Gasteiger partial charge in [0.1, 0.15) is 5.82 Å². The van der Waals surface area contributed by atoms with Gasteiger partial charge in [-0.25, -0.2) is 14.8 Å². The molecule has 10 heteroatoms. The molecular weight excluding hydrogens is 396 g/mol. The van der Waals surface area contributed by atoms with Crippen LogP contribution in [0.15, 0.2) is 24.5 Å². The number of carbonyl (C=O) groups excluding carboxylic acids is 1. The third-order valence-electron chi connectivity index (χ3n) is 5.73. The zero-order valence-electron chi connectivity index (χ0n) is 18.3. The number of hydrogen-bond acceptors (Lipinski definition) is 7. The van der Waals surface area contributed by atoms with E-state index in [4.69, 9.17) is 10.5 Å². The number of hydrogen-bond donors (Lipinski definition) is 2. The Morgan fingerprint density at radius 2 is 2.13 bits per heavy atom. The molecule has 1 saturated heterocycles. The number of ether oxygens (including phenoxy) is 1. The molecule has 0 radical (unpaired) electrons. The van der Waals surface area contributed by atoms with Crippen LogP contribution >= 0.6 is 0 Å². The van der Waals surface area contributed by atoms with E-state index in [1.54, 1.807) is 18.0 Å². The summed E-state index contributed by atoms with van der Waals surface area (Å²) in [5.74, 6) is 1.01. The van der Waals surface area contributed by atoms with E-state index in [0.717, 1.165) is 28.7 Å². The van der Waals surface area contributed by atoms with E-state index in [-0.39, 0.29) is 12.1 Å². The number of methoxy groups -OCH3 is 1. The van der Waals surface area contributed by atoms with E-state index >= 15 is 0 Å². The van der Waals surface area contributed by atoms with Gasteiger partial charge < -0.3 is 25.6 Å². The predicted molar refractivity (Wildman–Crippen MR) is 120 cm³/mol. The molecule has 0 bridgehead atoms. The fraction of sp³-hybridized carbons (Fsp3) is 0.429. The van der Waals surface area contributed by atoms with Gasteiger partial charge in [0.15, 0.2) is 5.65 Å². The van der Waals surface area contributed by atoms with Gasteiger partial charge in [-0.15, -0.1) is 0 Å².